The smallest absolute Gasteiger partial charge is 0.0486 e. The third kappa shape index (κ3) is 4.52. The quantitative estimate of drug-likeness (QED) is 0.447. The molecule has 0 saturated heterocycles. The van der Waals surface area contributed by atoms with Gasteiger partial charge in [0.1, 0.15) is 0 Å². The molecule has 2 fully saturated rings. The van der Waals surface area contributed by atoms with Crippen LogP contribution < -0.4 is 11.1 Å². The van der Waals surface area contributed by atoms with Crippen molar-refractivity contribution >= 4 is 23.3 Å². The van der Waals surface area contributed by atoms with E-state index < -0.39 is 0 Å². The fourth-order valence-electron chi connectivity index (χ4n) is 6.02. The van der Waals surface area contributed by atoms with Gasteiger partial charge in [-0.05, 0) is 86.8 Å². The number of hydrogen-bond donors (Lipinski definition) is 2. The summed E-state index contributed by atoms with van der Waals surface area (Å²) in [6, 6.07) is 14.0. The van der Waals surface area contributed by atoms with Crippen LogP contribution in [0.5, 0.6) is 0 Å². The van der Waals surface area contributed by atoms with Gasteiger partial charge in [0.15, 0.2) is 0 Å². The zero-order valence-electron chi connectivity index (χ0n) is 18.2. The molecule has 2 aliphatic rings. The number of halogens is 1. The van der Waals surface area contributed by atoms with Gasteiger partial charge in [0, 0.05) is 41.5 Å². The molecule has 2 bridgehead atoms. The Bertz CT molecular complexity index is 970. The van der Waals surface area contributed by atoms with Gasteiger partial charge in [-0.1, -0.05) is 30.7 Å². The van der Waals surface area contributed by atoms with Crippen molar-refractivity contribution in [3.05, 3.63) is 66.1 Å². The number of nitrogens with zero attached hydrogens (tertiary/aromatic N) is 2. The first kappa shape index (κ1) is 22.3. The van der Waals surface area contributed by atoms with E-state index in [9.17, 15) is 0 Å². The minimum atomic E-state index is 0. The van der Waals surface area contributed by atoms with Crippen LogP contribution in [-0.2, 0) is 0 Å². The molecule has 4 unspecified atom stereocenters. The van der Waals surface area contributed by atoms with Gasteiger partial charge >= 0.3 is 0 Å². The van der Waals surface area contributed by atoms with E-state index in [0.29, 0.717) is 12.0 Å². The monoisotopic (exact) mass is 438 g/mol. The van der Waals surface area contributed by atoms with Gasteiger partial charge < -0.3 is 15.6 Å². The number of fused-ring (bicyclic) bond motifs is 3. The fourth-order valence-corrected chi connectivity index (χ4v) is 6.02. The molecule has 0 spiro atoms. The van der Waals surface area contributed by atoms with Crippen molar-refractivity contribution < 1.29 is 0 Å². The van der Waals surface area contributed by atoms with Crippen molar-refractivity contribution in [1.82, 2.24) is 14.9 Å². The Morgan fingerprint density at radius 1 is 1.10 bits per heavy atom. The zero-order valence-corrected chi connectivity index (χ0v) is 19.1. The summed E-state index contributed by atoms with van der Waals surface area (Å²) >= 11 is 0. The molecular formula is C26H35ClN4. The summed E-state index contributed by atoms with van der Waals surface area (Å²) in [7, 11) is 0. The highest BCUT2D eigenvalue weighted by atomic mass is 35.5. The number of benzene rings is 1. The Labute approximate surface area is 192 Å². The van der Waals surface area contributed by atoms with E-state index in [0.717, 1.165) is 44.3 Å². The van der Waals surface area contributed by atoms with E-state index in [1.165, 1.54) is 47.7 Å². The maximum atomic E-state index is 5.65. The molecule has 3 N–H and O–H groups in total. The van der Waals surface area contributed by atoms with Crippen molar-refractivity contribution in [1.29, 1.82) is 0 Å². The summed E-state index contributed by atoms with van der Waals surface area (Å²) in [5.74, 6) is 2.17. The van der Waals surface area contributed by atoms with E-state index >= 15 is 0 Å². The van der Waals surface area contributed by atoms with E-state index in [-0.39, 0.29) is 12.4 Å². The van der Waals surface area contributed by atoms with Crippen LogP contribution in [0.15, 0.2) is 55.0 Å². The number of pyridine rings is 1. The van der Waals surface area contributed by atoms with Gasteiger partial charge in [-0.2, -0.15) is 0 Å². The summed E-state index contributed by atoms with van der Waals surface area (Å²) in [5.41, 5.74) is 9.84. The molecule has 3 aromatic rings. The highest BCUT2D eigenvalue weighted by Gasteiger charge is 2.41. The van der Waals surface area contributed by atoms with Gasteiger partial charge in [0.2, 0.25) is 0 Å². The van der Waals surface area contributed by atoms with Crippen LogP contribution in [0.2, 0.25) is 0 Å². The molecule has 0 aliphatic heterocycles. The van der Waals surface area contributed by atoms with Crippen molar-refractivity contribution in [2.75, 3.05) is 19.6 Å². The minimum absolute atomic E-state index is 0. The van der Waals surface area contributed by atoms with Crippen LogP contribution in [0.3, 0.4) is 0 Å². The molecule has 166 valence electrons. The lowest BCUT2D eigenvalue weighted by Crippen LogP contribution is -2.21. The summed E-state index contributed by atoms with van der Waals surface area (Å²) in [6.07, 6.45) is 14.2. The third-order valence-electron chi connectivity index (χ3n) is 7.46. The number of aromatic nitrogens is 2. The molecule has 31 heavy (non-hydrogen) atoms. The molecule has 5 rings (SSSR count). The lowest BCUT2D eigenvalue weighted by Gasteiger charge is -2.24. The second kappa shape index (κ2) is 10.2. The van der Waals surface area contributed by atoms with Gasteiger partial charge in [0.25, 0.3) is 0 Å². The zero-order chi connectivity index (χ0) is 20.3. The number of nitrogens with one attached hydrogen (secondary N) is 1. The Balaban J connectivity index is 0.00000231. The standard InChI is InChI=1S/C26H34N4.ClH/c27-11-4-13-28-14-10-22(21-5-3-12-29-17-21)24-18-30(25-7-2-1-6-23(24)25)26-16-19-8-9-20(26)15-19;/h1-3,5-7,12,17-20,22,26,28H,4,8-11,13-16,27H2;1H. The molecule has 4 nitrogen and oxygen atoms in total. The maximum absolute atomic E-state index is 5.65. The largest absolute Gasteiger partial charge is 0.344 e. The predicted octanol–water partition coefficient (Wildman–Crippen LogP) is 5.28. The molecule has 5 heteroatoms. The highest BCUT2D eigenvalue weighted by molar-refractivity contribution is 5.85. The summed E-state index contributed by atoms with van der Waals surface area (Å²) < 4.78 is 2.64. The lowest BCUT2D eigenvalue weighted by atomic mass is 9.89. The Hall–Kier alpha value is -1.88. The van der Waals surface area contributed by atoms with E-state index in [4.69, 9.17) is 5.73 Å². The molecule has 2 aliphatic carbocycles. The molecule has 0 amide bonds. The van der Waals surface area contributed by atoms with Crippen LogP contribution in [0, 0.1) is 11.8 Å². The first-order valence-electron chi connectivity index (χ1n) is 11.8. The van der Waals surface area contributed by atoms with Gasteiger partial charge in [-0.3, -0.25) is 4.98 Å². The van der Waals surface area contributed by atoms with Gasteiger partial charge in [-0.15, -0.1) is 12.4 Å². The van der Waals surface area contributed by atoms with E-state index in [1.54, 1.807) is 0 Å². The Morgan fingerprint density at radius 3 is 2.74 bits per heavy atom. The average molecular weight is 439 g/mol. The summed E-state index contributed by atoms with van der Waals surface area (Å²) in [6.45, 7) is 2.73. The predicted molar refractivity (Wildman–Crippen MR) is 131 cm³/mol. The van der Waals surface area contributed by atoms with Crippen LogP contribution >= 0.6 is 12.4 Å². The molecule has 2 saturated carbocycles. The number of hydrogen-bond acceptors (Lipinski definition) is 3. The first-order valence-corrected chi connectivity index (χ1v) is 11.8. The normalized spacial score (nSPS) is 23.2. The van der Waals surface area contributed by atoms with Crippen LogP contribution in [-0.4, -0.2) is 29.2 Å². The van der Waals surface area contributed by atoms with E-state index in [1.807, 2.05) is 12.4 Å². The summed E-state index contributed by atoms with van der Waals surface area (Å²) in [4.78, 5) is 4.44. The Kier molecular flexibility index (Phi) is 7.31. The fraction of sp³-hybridized carbons (Fsp3) is 0.500. The molecule has 0 radical (unpaired) electrons. The average Bonchev–Trinajstić information content (AvgIpc) is 3.51. The van der Waals surface area contributed by atoms with Gasteiger partial charge in [-0.25, -0.2) is 0 Å². The third-order valence-corrected chi connectivity index (χ3v) is 7.46. The number of nitrogens with two attached hydrogens (primary N) is 1. The first-order chi connectivity index (χ1) is 14.8. The maximum Gasteiger partial charge on any atom is 0.0486 e. The topological polar surface area (TPSA) is 55.9 Å². The van der Waals surface area contributed by atoms with Crippen molar-refractivity contribution in [3.8, 4) is 0 Å². The van der Waals surface area contributed by atoms with Crippen LogP contribution in [0.4, 0.5) is 0 Å². The van der Waals surface area contributed by atoms with Gasteiger partial charge in [0.05, 0.1) is 0 Å². The molecular weight excluding hydrogens is 404 g/mol. The van der Waals surface area contributed by atoms with Crippen molar-refractivity contribution in [2.45, 2.75) is 50.5 Å². The number of rotatable bonds is 9. The lowest BCUT2D eigenvalue weighted by molar-refractivity contribution is 0.336. The van der Waals surface area contributed by atoms with Crippen molar-refractivity contribution in [3.63, 3.8) is 0 Å². The van der Waals surface area contributed by atoms with Crippen LogP contribution in [0.25, 0.3) is 10.9 Å². The highest BCUT2D eigenvalue weighted by Crippen LogP contribution is 2.52. The second-order valence-electron chi connectivity index (χ2n) is 9.27. The molecule has 2 heterocycles. The van der Waals surface area contributed by atoms with E-state index in [2.05, 4.69) is 57.5 Å². The SMILES string of the molecule is Cl.NCCCNCCC(c1cccnc1)c1cn(C2CC3CCC2C3)c2ccccc12. The molecule has 1 aromatic carbocycles. The van der Waals surface area contributed by atoms with Crippen molar-refractivity contribution in [2.24, 2.45) is 17.6 Å². The second-order valence-corrected chi connectivity index (χ2v) is 9.27. The minimum Gasteiger partial charge on any atom is -0.344 e. The molecule has 4 atom stereocenters. The summed E-state index contributed by atoms with van der Waals surface area (Å²) in [5, 5.41) is 4.99. The number of para-hydroxylation sites is 1. The van der Waals surface area contributed by atoms with Crippen LogP contribution in [0.1, 0.15) is 61.6 Å². The Morgan fingerprint density at radius 2 is 2.00 bits per heavy atom. The molecule has 2 aromatic heterocycles.